The highest BCUT2D eigenvalue weighted by Gasteiger charge is 2.24. The first kappa shape index (κ1) is 20.1. The molecule has 5 rings (SSSR count). The molecule has 1 amide bonds. The van der Waals surface area contributed by atoms with Crippen molar-refractivity contribution in [3.63, 3.8) is 0 Å². The Labute approximate surface area is 183 Å². The van der Waals surface area contributed by atoms with Crippen LogP contribution in [0.15, 0.2) is 65.7 Å². The highest BCUT2D eigenvalue weighted by Crippen LogP contribution is 2.27. The molecule has 0 fully saturated rings. The minimum Gasteiger partial charge on any atom is -0.392 e. The van der Waals surface area contributed by atoms with Gasteiger partial charge in [-0.1, -0.05) is 18.2 Å². The smallest absolute Gasteiger partial charge is 0.277 e. The van der Waals surface area contributed by atoms with E-state index in [1.54, 1.807) is 23.2 Å². The molecule has 0 bridgehead atoms. The summed E-state index contributed by atoms with van der Waals surface area (Å²) in [5, 5.41) is 14.4. The number of carbonyl (C=O) groups excluding carboxylic acids is 1. The molecule has 4 aromatic rings. The van der Waals surface area contributed by atoms with Crippen molar-refractivity contribution >= 4 is 17.1 Å². The van der Waals surface area contributed by atoms with Crippen molar-refractivity contribution in [1.82, 2.24) is 14.2 Å². The molecule has 0 radical (unpaired) electrons. The Balaban J connectivity index is 1.52. The quantitative estimate of drug-likeness (QED) is 0.538. The number of aliphatic hydroxyl groups is 1. The standard InChI is InChI=1S/C24H21FN4O3/c25-18-9-7-17(8-10-18)22-19(15-30)23-24(32)27(12-13-29(23)26-22)14-21(31)28-11-3-5-16-4-1-2-6-20(16)28/h1-2,4,6-10,12-13,30H,3,5,11,14-15H2. The van der Waals surface area contributed by atoms with Gasteiger partial charge in [-0.2, -0.15) is 5.10 Å². The summed E-state index contributed by atoms with van der Waals surface area (Å²) in [6, 6.07) is 13.5. The first-order chi connectivity index (χ1) is 15.6. The number of hydrogen-bond donors (Lipinski definition) is 1. The second kappa shape index (κ2) is 8.05. The van der Waals surface area contributed by atoms with Gasteiger partial charge in [0.1, 0.15) is 17.9 Å². The molecule has 8 heteroatoms. The molecular formula is C24H21FN4O3. The summed E-state index contributed by atoms with van der Waals surface area (Å²) >= 11 is 0. The maximum Gasteiger partial charge on any atom is 0.277 e. The number of anilines is 1. The van der Waals surface area contributed by atoms with E-state index < -0.39 is 12.2 Å². The number of aliphatic hydroxyl groups excluding tert-OH is 1. The van der Waals surface area contributed by atoms with Crippen molar-refractivity contribution in [3.8, 4) is 11.3 Å². The molecule has 0 saturated heterocycles. The van der Waals surface area contributed by atoms with Crippen LogP contribution in [0.25, 0.3) is 16.8 Å². The Hall–Kier alpha value is -3.78. The number of hydrogen-bond acceptors (Lipinski definition) is 4. The third-order valence-electron chi connectivity index (χ3n) is 5.85. The monoisotopic (exact) mass is 432 g/mol. The zero-order chi connectivity index (χ0) is 22.2. The van der Waals surface area contributed by atoms with Gasteiger partial charge in [0, 0.05) is 35.8 Å². The van der Waals surface area contributed by atoms with Gasteiger partial charge in [-0.15, -0.1) is 0 Å². The fourth-order valence-corrected chi connectivity index (χ4v) is 4.29. The summed E-state index contributed by atoms with van der Waals surface area (Å²) in [7, 11) is 0. The molecule has 2 aromatic heterocycles. The first-order valence-corrected chi connectivity index (χ1v) is 10.4. The number of carbonyl (C=O) groups is 1. The predicted octanol–water partition coefficient (Wildman–Crippen LogP) is 2.77. The van der Waals surface area contributed by atoms with Crippen molar-refractivity contribution in [2.45, 2.75) is 26.0 Å². The Kier molecular flexibility index (Phi) is 5.07. The average molecular weight is 432 g/mol. The largest absolute Gasteiger partial charge is 0.392 e. The molecule has 0 unspecified atom stereocenters. The van der Waals surface area contributed by atoms with Crippen LogP contribution < -0.4 is 10.5 Å². The number of aryl methyl sites for hydroxylation is 1. The third-order valence-corrected chi connectivity index (χ3v) is 5.85. The molecule has 0 spiro atoms. The van der Waals surface area contributed by atoms with E-state index in [0.717, 1.165) is 24.1 Å². The van der Waals surface area contributed by atoms with Crippen molar-refractivity contribution in [3.05, 3.63) is 88.2 Å². The lowest BCUT2D eigenvalue weighted by Crippen LogP contribution is -2.39. The molecule has 1 aliphatic rings. The molecule has 7 nitrogen and oxygen atoms in total. The van der Waals surface area contributed by atoms with Crippen LogP contribution in [-0.4, -0.2) is 31.7 Å². The van der Waals surface area contributed by atoms with E-state index in [1.807, 2.05) is 24.3 Å². The fraction of sp³-hybridized carbons (Fsp3) is 0.208. The molecule has 1 aliphatic heterocycles. The zero-order valence-corrected chi connectivity index (χ0v) is 17.2. The molecule has 162 valence electrons. The van der Waals surface area contributed by atoms with Crippen molar-refractivity contribution in [2.75, 3.05) is 11.4 Å². The van der Waals surface area contributed by atoms with Crippen molar-refractivity contribution in [1.29, 1.82) is 0 Å². The third kappa shape index (κ3) is 3.38. The minimum atomic E-state index is -0.420. The topological polar surface area (TPSA) is 79.8 Å². The van der Waals surface area contributed by atoms with E-state index in [9.17, 15) is 19.1 Å². The van der Waals surface area contributed by atoms with Crippen LogP contribution >= 0.6 is 0 Å². The van der Waals surface area contributed by atoms with Crippen molar-refractivity contribution < 1.29 is 14.3 Å². The normalized spacial score (nSPS) is 13.4. The number of amides is 1. The van der Waals surface area contributed by atoms with Gasteiger partial charge in [0.25, 0.3) is 5.56 Å². The SMILES string of the molecule is O=C(Cn1ccn2nc(-c3ccc(F)cc3)c(CO)c2c1=O)N1CCCc2ccccc21. The number of nitrogens with zero attached hydrogens (tertiary/aromatic N) is 4. The number of aromatic nitrogens is 3. The lowest BCUT2D eigenvalue weighted by atomic mass is 10.0. The Morgan fingerprint density at radius 1 is 1.09 bits per heavy atom. The van der Waals surface area contributed by atoms with Gasteiger partial charge in [0.05, 0.1) is 12.3 Å². The summed E-state index contributed by atoms with van der Waals surface area (Å²) in [6.45, 7) is 0.0740. The Morgan fingerprint density at radius 2 is 1.88 bits per heavy atom. The van der Waals surface area contributed by atoms with Crippen LogP contribution in [0, 0.1) is 5.82 Å². The van der Waals surface area contributed by atoms with E-state index in [4.69, 9.17) is 0 Å². The second-order valence-corrected chi connectivity index (χ2v) is 7.79. The molecule has 0 atom stereocenters. The van der Waals surface area contributed by atoms with Gasteiger partial charge in [-0.3, -0.25) is 9.59 Å². The summed E-state index contributed by atoms with van der Waals surface area (Å²) in [6.07, 6.45) is 4.90. The summed E-state index contributed by atoms with van der Waals surface area (Å²) in [5.41, 5.74) is 3.11. The van der Waals surface area contributed by atoms with Gasteiger partial charge >= 0.3 is 0 Å². The summed E-state index contributed by atoms with van der Waals surface area (Å²) < 4.78 is 16.0. The first-order valence-electron chi connectivity index (χ1n) is 10.4. The molecule has 32 heavy (non-hydrogen) atoms. The molecule has 2 aromatic carbocycles. The zero-order valence-electron chi connectivity index (χ0n) is 17.2. The second-order valence-electron chi connectivity index (χ2n) is 7.79. The van der Waals surface area contributed by atoms with E-state index in [-0.39, 0.29) is 23.8 Å². The van der Waals surface area contributed by atoms with Crippen LogP contribution in [0.3, 0.4) is 0 Å². The van der Waals surface area contributed by atoms with Gasteiger partial charge in [-0.05, 0) is 48.7 Å². The lowest BCUT2D eigenvalue weighted by molar-refractivity contribution is -0.119. The fourth-order valence-electron chi connectivity index (χ4n) is 4.29. The predicted molar refractivity (Wildman–Crippen MR) is 118 cm³/mol. The number of fused-ring (bicyclic) bond motifs is 2. The Morgan fingerprint density at radius 3 is 2.66 bits per heavy atom. The number of rotatable bonds is 4. The summed E-state index contributed by atoms with van der Waals surface area (Å²) in [5.74, 6) is -0.560. The molecule has 3 heterocycles. The average Bonchev–Trinajstić information content (AvgIpc) is 3.20. The van der Waals surface area contributed by atoms with Crippen LogP contribution in [0.1, 0.15) is 17.5 Å². The maximum absolute atomic E-state index is 13.3. The Bertz CT molecular complexity index is 1370. The molecule has 0 aliphatic carbocycles. The highest BCUT2D eigenvalue weighted by molar-refractivity contribution is 5.94. The van der Waals surface area contributed by atoms with Crippen LogP contribution in [-0.2, 0) is 24.4 Å². The molecule has 1 N–H and O–H groups in total. The van der Waals surface area contributed by atoms with Gasteiger partial charge in [0.15, 0.2) is 0 Å². The van der Waals surface area contributed by atoms with Gasteiger partial charge < -0.3 is 14.6 Å². The number of para-hydroxylation sites is 1. The molecular weight excluding hydrogens is 411 g/mol. The van der Waals surface area contributed by atoms with E-state index in [1.165, 1.54) is 27.4 Å². The number of benzene rings is 2. The van der Waals surface area contributed by atoms with E-state index in [0.29, 0.717) is 23.4 Å². The van der Waals surface area contributed by atoms with Crippen LogP contribution in [0.2, 0.25) is 0 Å². The van der Waals surface area contributed by atoms with Crippen LogP contribution in [0.4, 0.5) is 10.1 Å². The molecule has 0 saturated carbocycles. The van der Waals surface area contributed by atoms with Gasteiger partial charge in [-0.25, -0.2) is 8.91 Å². The van der Waals surface area contributed by atoms with E-state index >= 15 is 0 Å². The van der Waals surface area contributed by atoms with E-state index in [2.05, 4.69) is 5.10 Å². The van der Waals surface area contributed by atoms with Gasteiger partial charge in [0.2, 0.25) is 5.91 Å². The van der Waals surface area contributed by atoms with Crippen LogP contribution in [0.5, 0.6) is 0 Å². The van der Waals surface area contributed by atoms with Crippen molar-refractivity contribution in [2.24, 2.45) is 0 Å². The maximum atomic E-state index is 13.3. The number of halogens is 1. The summed E-state index contributed by atoms with van der Waals surface area (Å²) in [4.78, 5) is 28.0. The lowest BCUT2D eigenvalue weighted by Gasteiger charge is -2.29. The minimum absolute atomic E-state index is 0.119. The highest BCUT2D eigenvalue weighted by atomic mass is 19.1.